The Morgan fingerprint density at radius 2 is 1.88 bits per heavy atom. The number of aliphatic hydroxyl groups is 1. The largest absolute Gasteiger partial charge is 0.462 e. The maximum atomic E-state index is 12.2. The minimum atomic E-state index is -1.30. The molecule has 4 aliphatic rings. The Labute approximate surface area is 200 Å². The van der Waals surface area contributed by atoms with E-state index in [-0.39, 0.29) is 23.3 Å². The van der Waals surface area contributed by atoms with Gasteiger partial charge in [0.05, 0.1) is 0 Å². The number of ether oxygens (including phenoxy) is 1. The summed E-state index contributed by atoms with van der Waals surface area (Å²) in [7, 11) is 0. The molecule has 8 atom stereocenters. The Morgan fingerprint density at radius 3 is 2.55 bits per heavy atom. The van der Waals surface area contributed by atoms with Crippen LogP contribution in [0, 0.1) is 40.4 Å². The molecule has 184 valence electrons. The minimum Gasteiger partial charge on any atom is -0.462 e. The monoisotopic (exact) mass is 456 g/mol. The zero-order valence-electron chi connectivity index (χ0n) is 21.5. The van der Waals surface area contributed by atoms with Crippen LogP contribution in [-0.2, 0) is 14.3 Å². The highest BCUT2D eigenvalue weighted by Crippen LogP contribution is 2.67. The maximum Gasteiger partial charge on any atom is 0.302 e. The highest BCUT2D eigenvalue weighted by molar-refractivity contribution is 5.96. The summed E-state index contributed by atoms with van der Waals surface area (Å²) in [5, 5.41) is 9.98. The lowest BCUT2D eigenvalue weighted by atomic mass is 9.47. The second kappa shape index (κ2) is 8.66. The van der Waals surface area contributed by atoms with Gasteiger partial charge in [0.25, 0.3) is 0 Å². The van der Waals surface area contributed by atoms with E-state index < -0.39 is 5.60 Å². The van der Waals surface area contributed by atoms with E-state index in [2.05, 4.69) is 32.9 Å². The average molecular weight is 457 g/mol. The second-order valence-electron chi connectivity index (χ2n) is 12.6. The van der Waals surface area contributed by atoms with Gasteiger partial charge in [0.1, 0.15) is 11.7 Å². The van der Waals surface area contributed by atoms with Gasteiger partial charge in [-0.2, -0.15) is 0 Å². The lowest BCUT2D eigenvalue weighted by molar-refractivity contribution is -0.148. The number of fused-ring (bicyclic) bond motifs is 5. The molecule has 0 radical (unpaired) electrons. The number of allylic oxidation sites excluding steroid dienone is 2. The standard InChI is InChI=1S/C29H44O4/c1-18(7-12-26(31)27(3,4)32)23-10-11-24-22-9-8-20-17-21(33-19(2)30)13-15-28(20,5)25(22)14-16-29(23,24)6/h7-8,12,18,21-25,32H,9-11,13-17H2,1-6H3/b12-7+. The number of hydrogen-bond donors (Lipinski definition) is 1. The Hall–Kier alpha value is -1.42. The third kappa shape index (κ3) is 4.37. The quantitative estimate of drug-likeness (QED) is 0.312. The predicted molar refractivity (Wildman–Crippen MR) is 130 cm³/mol. The number of ketones is 1. The van der Waals surface area contributed by atoms with Gasteiger partial charge in [0.15, 0.2) is 5.78 Å². The fraction of sp³-hybridized carbons (Fsp3) is 0.793. The molecule has 3 fully saturated rings. The van der Waals surface area contributed by atoms with Crippen LogP contribution < -0.4 is 0 Å². The van der Waals surface area contributed by atoms with E-state index in [1.54, 1.807) is 25.5 Å². The molecule has 33 heavy (non-hydrogen) atoms. The Bertz CT molecular complexity index is 848. The summed E-state index contributed by atoms with van der Waals surface area (Å²) in [5.74, 6) is 2.77. The van der Waals surface area contributed by atoms with E-state index >= 15 is 0 Å². The normalized spacial score (nSPS) is 41.5. The van der Waals surface area contributed by atoms with E-state index in [0.717, 1.165) is 43.4 Å². The number of hydrogen-bond acceptors (Lipinski definition) is 4. The van der Waals surface area contributed by atoms with Crippen molar-refractivity contribution in [3.8, 4) is 0 Å². The van der Waals surface area contributed by atoms with Gasteiger partial charge in [0, 0.05) is 13.3 Å². The van der Waals surface area contributed by atoms with Crippen LogP contribution in [-0.4, -0.2) is 28.6 Å². The topological polar surface area (TPSA) is 63.6 Å². The van der Waals surface area contributed by atoms with Crippen molar-refractivity contribution in [1.82, 2.24) is 0 Å². The van der Waals surface area contributed by atoms with Crippen LogP contribution in [0.2, 0.25) is 0 Å². The molecule has 0 aliphatic heterocycles. The zero-order valence-corrected chi connectivity index (χ0v) is 21.5. The van der Waals surface area contributed by atoms with Gasteiger partial charge in [0.2, 0.25) is 0 Å². The smallest absolute Gasteiger partial charge is 0.302 e. The molecule has 0 aromatic rings. The summed E-state index contributed by atoms with van der Waals surface area (Å²) in [6.45, 7) is 11.9. The Morgan fingerprint density at radius 1 is 1.15 bits per heavy atom. The summed E-state index contributed by atoms with van der Waals surface area (Å²) in [5.41, 5.74) is 0.816. The van der Waals surface area contributed by atoms with Gasteiger partial charge < -0.3 is 9.84 Å². The second-order valence-corrected chi connectivity index (χ2v) is 12.6. The number of carbonyl (C=O) groups excluding carboxylic acids is 2. The molecule has 1 N–H and O–H groups in total. The zero-order chi connectivity index (χ0) is 24.2. The summed E-state index contributed by atoms with van der Waals surface area (Å²) in [6.07, 6.45) is 15.5. The van der Waals surface area contributed by atoms with Gasteiger partial charge >= 0.3 is 5.97 Å². The van der Waals surface area contributed by atoms with Gasteiger partial charge in [-0.25, -0.2) is 0 Å². The van der Waals surface area contributed by atoms with Crippen molar-refractivity contribution in [3.63, 3.8) is 0 Å². The summed E-state index contributed by atoms with van der Waals surface area (Å²) in [6, 6.07) is 0. The molecule has 8 unspecified atom stereocenters. The van der Waals surface area contributed by atoms with E-state index in [0.29, 0.717) is 17.3 Å². The van der Waals surface area contributed by atoms with Crippen molar-refractivity contribution in [1.29, 1.82) is 0 Å². The van der Waals surface area contributed by atoms with Crippen LogP contribution in [0.15, 0.2) is 23.8 Å². The van der Waals surface area contributed by atoms with Crippen LogP contribution in [0.25, 0.3) is 0 Å². The van der Waals surface area contributed by atoms with Crippen molar-refractivity contribution < 1.29 is 19.4 Å². The first-order valence-electron chi connectivity index (χ1n) is 13.2. The van der Waals surface area contributed by atoms with Crippen LogP contribution in [0.1, 0.15) is 92.9 Å². The number of rotatable bonds is 5. The SMILES string of the molecule is CC(=O)OC1CCC2(C)C(=CCC3C2CCC2(C)C(C(C)/C=C/C(=O)C(C)(C)O)CCC32)C1. The predicted octanol–water partition coefficient (Wildman–Crippen LogP) is 6.03. The summed E-state index contributed by atoms with van der Waals surface area (Å²) in [4.78, 5) is 23.7. The van der Waals surface area contributed by atoms with Crippen molar-refractivity contribution >= 4 is 11.8 Å². The Kier molecular flexibility index (Phi) is 6.48. The molecule has 0 aromatic heterocycles. The van der Waals surface area contributed by atoms with E-state index in [1.807, 2.05) is 0 Å². The third-order valence-electron chi connectivity index (χ3n) is 10.3. The molecular weight excluding hydrogens is 412 g/mol. The molecule has 0 spiro atoms. The first-order chi connectivity index (χ1) is 15.4. The number of esters is 1. The summed E-state index contributed by atoms with van der Waals surface area (Å²) < 4.78 is 5.58. The average Bonchev–Trinajstić information content (AvgIpc) is 3.08. The molecular formula is C29H44O4. The van der Waals surface area contributed by atoms with Crippen LogP contribution in [0.3, 0.4) is 0 Å². The van der Waals surface area contributed by atoms with Crippen LogP contribution >= 0.6 is 0 Å². The maximum absolute atomic E-state index is 12.2. The summed E-state index contributed by atoms with van der Waals surface area (Å²) >= 11 is 0. The minimum absolute atomic E-state index is 0.0577. The molecule has 4 nitrogen and oxygen atoms in total. The first-order valence-corrected chi connectivity index (χ1v) is 13.2. The van der Waals surface area contributed by atoms with E-state index in [9.17, 15) is 14.7 Å². The fourth-order valence-electron chi connectivity index (χ4n) is 8.44. The molecule has 0 aromatic carbocycles. The first kappa shape index (κ1) is 24.7. The molecule has 0 bridgehead atoms. The molecule has 0 heterocycles. The molecule has 4 aliphatic carbocycles. The molecule has 4 rings (SSSR count). The van der Waals surface area contributed by atoms with Crippen molar-refractivity contribution in [2.24, 2.45) is 40.4 Å². The van der Waals surface area contributed by atoms with Crippen LogP contribution in [0.4, 0.5) is 0 Å². The van der Waals surface area contributed by atoms with Gasteiger partial charge in [-0.05, 0) is 105 Å². The van der Waals surface area contributed by atoms with Gasteiger partial charge in [-0.1, -0.05) is 38.5 Å². The highest BCUT2D eigenvalue weighted by atomic mass is 16.5. The molecule has 3 saturated carbocycles. The third-order valence-corrected chi connectivity index (χ3v) is 10.3. The van der Waals surface area contributed by atoms with Crippen LogP contribution in [0.5, 0.6) is 0 Å². The van der Waals surface area contributed by atoms with Crippen molar-refractivity contribution in [2.45, 2.75) is 105 Å². The lowest BCUT2D eigenvalue weighted by Gasteiger charge is -2.58. The lowest BCUT2D eigenvalue weighted by Crippen LogP contribution is -2.51. The molecule has 4 heteroatoms. The van der Waals surface area contributed by atoms with Gasteiger partial charge in [-0.15, -0.1) is 0 Å². The molecule has 0 saturated heterocycles. The Balaban J connectivity index is 1.50. The number of carbonyl (C=O) groups is 2. The van der Waals surface area contributed by atoms with Crippen molar-refractivity contribution in [2.75, 3.05) is 0 Å². The van der Waals surface area contributed by atoms with Gasteiger partial charge in [-0.3, -0.25) is 9.59 Å². The van der Waals surface area contributed by atoms with Crippen molar-refractivity contribution in [3.05, 3.63) is 23.8 Å². The van der Waals surface area contributed by atoms with E-state index in [4.69, 9.17) is 4.74 Å². The van der Waals surface area contributed by atoms with E-state index in [1.165, 1.54) is 32.6 Å². The fourth-order valence-corrected chi connectivity index (χ4v) is 8.44. The highest BCUT2D eigenvalue weighted by Gasteiger charge is 2.59. The molecule has 0 amide bonds.